The maximum Gasteiger partial charge on any atom is 0.335 e. The molecule has 2 rings (SSSR count). The molecule has 17 heavy (non-hydrogen) atoms. The molecule has 1 aromatic carbocycles. The van der Waals surface area contributed by atoms with Gasteiger partial charge in [0.05, 0.1) is 5.56 Å². The Morgan fingerprint density at radius 2 is 2.29 bits per heavy atom. The van der Waals surface area contributed by atoms with Crippen LogP contribution < -0.4 is 5.32 Å². The molecule has 0 amide bonds. The Morgan fingerprint density at radius 1 is 1.47 bits per heavy atom. The van der Waals surface area contributed by atoms with Gasteiger partial charge in [-0.1, -0.05) is 25.5 Å². The Kier molecular flexibility index (Phi) is 3.79. The summed E-state index contributed by atoms with van der Waals surface area (Å²) in [5, 5.41) is 12.3. The van der Waals surface area contributed by atoms with E-state index in [0.717, 1.165) is 30.5 Å². The fourth-order valence-corrected chi connectivity index (χ4v) is 2.28. The van der Waals surface area contributed by atoms with Crippen molar-refractivity contribution in [2.75, 3.05) is 6.54 Å². The molecule has 3 heteroatoms. The van der Waals surface area contributed by atoms with Gasteiger partial charge < -0.3 is 10.4 Å². The van der Waals surface area contributed by atoms with Crippen molar-refractivity contribution in [3.05, 3.63) is 35.4 Å². The second-order valence-corrected chi connectivity index (χ2v) is 4.80. The lowest BCUT2D eigenvalue weighted by molar-refractivity contribution is 0.0696. The highest BCUT2D eigenvalue weighted by Crippen LogP contribution is 2.40. The molecular formula is C14H19NO2. The van der Waals surface area contributed by atoms with Crippen molar-refractivity contribution in [2.45, 2.75) is 26.3 Å². The Morgan fingerprint density at radius 3 is 2.94 bits per heavy atom. The van der Waals surface area contributed by atoms with Crippen molar-refractivity contribution in [3.8, 4) is 0 Å². The first kappa shape index (κ1) is 12.1. The molecule has 1 aliphatic carbocycles. The summed E-state index contributed by atoms with van der Waals surface area (Å²) in [5.74, 6) is 0.885. The molecule has 0 unspecified atom stereocenters. The molecular weight excluding hydrogens is 214 g/mol. The SMILES string of the molecule is CC[C@@H]1C[C@H]1CNCc1cccc(C(=O)O)c1. The van der Waals surface area contributed by atoms with Crippen molar-refractivity contribution in [1.82, 2.24) is 5.32 Å². The zero-order valence-corrected chi connectivity index (χ0v) is 10.1. The predicted octanol–water partition coefficient (Wildman–Crippen LogP) is 2.52. The van der Waals surface area contributed by atoms with Gasteiger partial charge in [0.25, 0.3) is 0 Å². The van der Waals surface area contributed by atoms with E-state index in [1.54, 1.807) is 18.2 Å². The molecule has 1 aromatic rings. The summed E-state index contributed by atoms with van der Waals surface area (Å²) in [6.45, 7) is 4.05. The van der Waals surface area contributed by atoms with E-state index in [1.165, 1.54) is 12.8 Å². The summed E-state index contributed by atoms with van der Waals surface area (Å²) in [4.78, 5) is 10.8. The highest BCUT2D eigenvalue weighted by atomic mass is 16.4. The normalized spacial score (nSPS) is 22.4. The van der Waals surface area contributed by atoms with Crippen LogP contribution in [0.5, 0.6) is 0 Å². The van der Waals surface area contributed by atoms with Gasteiger partial charge in [0.2, 0.25) is 0 Å². The Labute approximate surface area is 102 Å². The second kappa shape index (κ2) is 5.32. The predicted molar refractivity (Wildman–Crippen MR) is 67.0 cm³/mol. The zero-order valence-electron chi connectivity index (χ0n) is 10.1. The lowest BCUT2D eigenvalue weighted by Crippen LogP contribution is -2.17. The fraction of sp³-hybridized carbons (Fsp3) is 0.500. The van der Waals surface area contributed by atoms with E-state index in [0.29, 0.717) is 5.56 Å². The zero-order chi connectivity index (χ0) is 12.3. The van der Waals surface area contributed by atoms with Crippen LogP contribution in [0.4, 0.5) is 0 Å². The molecule has 1 fully saturated rings. The van der Waals surface area contributed by atoms with Crippen molar-refractivity contribution in [1.29, 1.82) is 0 Å². The third-order valence-electron chi connectivity index (χ3n) is 3.50. The lowest BCUT2D eigenvalue weighted by Gasteiger charge is -2.05. The van der Waals surface area contributed by atoms with Gasteiger partial charge in [-0.25, -0.2) is 4.79 Å². The summed E-state index contributed by atoms with van der Waals surface area (Å²) in [7, 11) is 0. The van der Waals surface area contributed by atoms with E-state index < -0.39 is 5.97 Å². The minimum absolute atomic E-state index is 0.363. The van der Waals surface area contributed by atoms with Crippen molar-refractivity contribution in [3.63, 3.8) is 0 Å². The lowest BCUT2D eigenvalue weighted by atomic mass is 10.1. The second-order valence-electron chi connectivity index (χ2n) is 4.80. The highest BCUT2D eigenvalue weighted by Gasteiger charge is 2.34. The molecule has 0 aromatic heterocycles. The van der Waals surface area contributed by atoms with Crippen LogP contribution in [0.25, 0.3) is 0 Å². The van der Waals surface area contributed by atoms with Crippen LogP contribution >= 0.6 is 0 Å². The molecule has 0 spiro atoms. The molecule has 2 N–H and O–H groups in total. The summed E-state index contributed by atoms with van der Waals surface area (Å²) in [6, 6.07) is 7.12. The largest absolute Gasteiger partial charge is 0.478 e. The maximum absolute atomic E-state index is 10.8. The number of nitrogens with one attached hydrogen (secondary N) is 1. The Balaban J connectivity index is 1.79. The third-order valence-corrected chi connectivity index (χ3v) is 3.50. The van der Waals surface area contributed by atoms with Crippen molar-refractivity contribution < 1.29 is 9.90 Å². The van der Waals surface area contributed by atoms with Gasteiger partial charge in [-0.2, -0.15) is 0 Å². The van der Waals surface area contributed by atoms with E-state index >= 15 is 0 Å². The van der Waals surface area contributed by atoms with Crippen LogP contribution in [-0.4, -0.2) is 17.6 Å². The summed E-state index contributed by atoms with van der Waals surface area (Å²) in [6.07, 6.45) is 2.62. The van der Waals surface area contributed by atoms with Crippen LogP contribution in [-0.2, 0) is 6.54 Å². The van der Waals surface area contributed by atoms with E-state index in [4.69, 9.17) is 5.11 Å². The van der Waals surface area contributed by atoms with Crippen LogP contribution in [0.2, 0.25) is 0 Å². The molecule has 2 atom stereocenters. The molecule has 92 valence electrons. The number of carbonyl (C=O) groups is 1. The summed E-state index contributed by atoms with van der Waals surface area (Å²) < 4.78 is 0. The molecule has 3 nitrogen and oxygen atoms in total. The average molecular weight is 233 g/mol. The van der Waals surface area contributed by atoms with E-state index in [1.807, 2.05) is 6.07 Å². The molecule has 1 aliphatic rings. The van der Waals surface area contributed by atoms with Gasteiger partial charge in [0.15, 0.2) is 0 Å². The smallest absolute Gasteiger partial charge is 0.335 e. The third kappa shape index (κ3) is 3.30. The van der Waals surface area contributed by atoms with Gasteiger partial charge >= 0.3 is 5.97 Å². The quantitative estimate of drug-likeness (QED) is 0.793. The van der Waals surface area contributed by atoms with E-state index in [-0.39, 0.29) is 0 Å². The van der Waals surface area contributed by atoms with Crippen LogP contribution in [0, 0.1) is 11.8 Å². The summed E-state index contributed by atoms with van der Waals surface area (Å²) >= 11 is 0. The molecule has 0 bridgehead atoms. The molecule has 0 heterocycles. The van der Waals surface area contributed by atoms with Gasteiger partial charge in [-0.15, -0.1) is 0 Å². The van der Waals surface area contributed by atoms with Gasteiger partial charge in [-0.05, 0) is 42.5 Å². The molecule has 0 aliphatic heterocycles. The number of benzene rings is 1. The van der Waals surface area contributed by atoms with Crippen molar-refractivity contribution in [2.24, 2.45) is 11.8 Å². The number of rotatable bonds is 6. The minimum Gasteiger partial charge on any atom is -0.478 e. The maximum atomic E-state index is 10.8. The molecule has 1 saturated carbocycles. The Bertz CT molecular complexity index is 403. The first-order valence-corrected chi connectivity index (χ1v) is 6.23. The average Bonchev–Trinajstić information content (AvgIpc) is 3.08. The molecule has 0 radical (unpaired) electrons. The topological polar surface area (TPSA) is 49.3 Å². The number of aromatic carboxylic acids is 1. The van der Waals surface area contributed by atoms with Crippen molar-refractivity contribution >= 4 is 5.97 Å². The van der Waals surface area contributed by atoms with Gasteiger partial charge in [0, 0.05) is 6.54 Å². The fourth-order valence-electron chi connectivity index (χ4n) is 2.28. The van der Waals surface area contributed by atoms with E-state index in [2.05, 4.69) is 12.2 Å². The van der Waals surface area contributed by atoms with E-state index in [9.17, 15) is 4.79 Å². The van der Waals surface area contributed by atoms with Crippen LogP contribution in [0.3, 0.4) is 0 Å². The number of hydrogen-bond donors (Lipinski definition) is 2. The minimum atomic E-state index is -0.861. The van der Waals surface area contributed by atoms with Gasteiger partial charge in [-0.3, -0.25) is 0 Å². The van der Waals surface area contributed by atoms with Crippen LogP contribution in [0.15, 0.2) is 24.3 Å². The molecule has 0 saturated heterocycles. The standard InChI is InChI=1S/C14H19NO2/c1-2-11-7-13(11)9-15-8-10-4-3-5-12(6-10)14(16)17/h3-6,11,13,15H,2,7-9H2,1H3,(H,16,17)/t11-,13+/m1/s1. The highest BCUT2D eigenvalue weighted by molar-refractivity contribution is 5.87. The number of carboxylic acids is 1. The summed E-state index contributed by atoms with van der Waals surface area (Å²) in [5.41, 5.74) is 1.40. The number of carboxylic acid groups (broad SMARTS) is 1. The van der Waals surface area contributed by atoms with Crippen LogP contribution in [0.1, 0.15) is 35.7 Å². The monoisotopic (exact) mass is 233 g/mol. The Hall–Kier alpha value is -1.35. The first-order chi connectivity index (χ1) is 8.20. The first-order valence-electron chi connectivity index (χ1n) is 6.23. The van der Waals surface area contributed by atoms with Gasteiger partial charge in [0.1, 0.15) is 0 Å². The number of hydrogen-bond acceptors (Lipinski definition) is 2.